The second kappa shape index (κ2) is 3.32. The third-order valence-corrected chi connectivity index (χ3v) is 3.73. The number of rotatable bonds is 0. The highest BCUT2D eigenvalue weighted by molar-refractivity contribution is 5.27. The van der Waals surface area contributed by atoms with Gasteiger partial charge in [0.05, 0.1) is 18.4 Å². The standard InChI is InChI=1S/C11H17N3O/c1-14-5-3-11(4-6-14)9-8-12-13-10(9)2-7-15-11/h8H,2-7H2,1H3,(H,12,13). The second-order valence-electron chi connectivity index (χ2n) is 4.66. The van der Waals surface area contributed by atoms with Crippen LogP contribution in [0.3, 0.4) is 0 Å². The van der Waals surface area contributed by atoms with Crippen LogP contribution in [0.5, 0.6) is 0 Å². The monoisotopic (exact) mass is 207 g/mol. The smallest absolute Gasteiger partial charge is 0.0988 e. The Labute approximate surface area is 89.6 Å². The molecule has 82 valence electrons. The molecule has 2 aliphatic rings. The number of hydrogen-bond acceptors (Lipinski definition) is 3. The molecule has 0 unspecified atom stereocenters. The van der Waals surface area contributed by atoms with Crippen molar-refractivity contribution in [3.8, 4) is 0 Å². The molecule has 0 bridgehead atoms. The third-order valence-electron chi connectivity index (χ3n) is 3.73. The van der Waals surface area contributed by atoms with Crippen molar-refractivity contribution >= 4 is 0 Å². The van der Waals surface area contributed by atoms with Gasteiger partial charge < -0.3 is 9.64 Å². The van der Waals surface area contributed by atoms with Crippen LogP contribution in [0.4, 0.5) is 0 Å². The number of hydrogen-bond donors (Lipinski definition) is 1. The van der Waals surface area contributed by atoms with Crippen LogP contribution in [0.1, 0.15) is 24.1 Å². The number of aromatic amines is 1. The van der Waals surface area contributed by atoms with Gasteiger partial charge in [-0.3, -0.25) is 5.10 Å². The van der Waals surface area contributed by atoms with Crippen molar-refractivity contribution in [1.29, 1.82) is 0 Å². The Morgan fingerprint density at radius 1 is 1.47 bits per heavy atom. The minimum Gasteiger partial charge on any atom is -0.370 e. The van der Waals surface area contributed by atoms with Crippen molar-refractivity contribution in [2.24, 2.45) is 0 Å². The molecular formula is C11H17N3O. The number of aromatic nitrogens is 2. The maximum Gasteiger partial charge on any atom is 0.0988 e. The Hall–Kier alpha value is -0.870. The van der Waals surface area contributed by atoms with Crippen molar-refractivity contribution in [1.82, 2.24) is 15.1 Å². The maximum atomic E-state index is 6.05. The molecule has 4 nitrogen and oxygen atoms in total. The lowest BCUT2D eigenvalue weighted by molar-refractivity contribution is -0.0952. The maximum absolute atomic E-state index is 6.05. The van der Waals surface area contributed by atoms with E-state index in [9.17, 15) is 0 Å². The summed E-state index contributed by atoms with van der Waals surface area (Å²) in [5.74, 6) is 0. The van der Waals surface area contributed by atoms with E-state index in [1.807, 2.05) is 6.20 Å². The minimum absolute atomic E-state index is 0.0346. The number of fused-ring (bicyclic) bond motifs is 2. The van der Waals surface area contributed by atoms with Gasteiger partial charge in [-0.05, 0) is 19.9 Å². The molecule has 1 fully saturated rings. The van der Waals surface area contributed by atoms with E-state index in [2.05, 4.69) is 22.1 Å². The fourth-order valence-electron chi connectivity index (χ4n) is 2.72. The highest BCUT2D eigenvalue weighted by Crippen LogP contribution is 2.40. The zero-order valence-electron chi connectivity index (χ0n) is 9.12. The van der Waals surface area contributed by atoms with Crippen molar-refractivity contribution < 1.29 is 4.74 Å². The summed E-state index contributed by atoms with van der Waals surface area (Å²) in [6.45, 7) is 3.06. The first-order chi connectivity index (χ1) is 7.30. The number of nitrogens with zero attached hydrogens (tertiary/aromatic N) is 2. The fraction of sp³-hybridized carbons (Fsp3) is 0.727. The van der Waals surface area contributed by atoms with Gasteiger partial charge >= 0.3 is 0 Å². The summed E-state index contributed by atoms with van der Waals surface area (Å²) in [5, 5.41) is 7.25. The Morgan fingerprint density at radius 3 is 3.07 bits per heavy atom. The van der Waals surface area contributed by atoms with Gasteiger partial charge in [-0.2, -0.15) is 5.10 Å². The highest BCUT2D eigenvalue weighted by atomic mass is 16.5. The molecular weight excluding hydrogens is 190 g/mol. The topological polar surface area (TPSA) is 41.1 Å². The van der Waals surface area contributed by atoms with Crippen molar-refractivity contribution in [3.63, 3.8) is 0 Å². The van der Waals surface area contributed by atoms with Crippen molar-refractivity contribution in [3.05, 3.63) is 17.5 Å². The summed E-state index contributed by atoms with van der Waals surface area (Å²) in [6, 6.07) is 0. The lowest BCUT2D eigenvalue weighted by Gasteiger charge is -2.42. The van der Waals surface area contributed by atoms with Gasteiger partial charge in [0, 0.05) is 30.8 Å². The lowest BCUT2D eigenvalue weighted by atomic mass is 9.82. The molecule has 0 aliphatic carbocycles. The van der Waals surface area contributed by atoms with Gasteiger partial charge in [-0.25, -0.2) is 0 Å². The highest BCUT2D eigenvalue weighted by Gasteiger charge is 2.41. The molecule has 0 radical (unpaired) electrons. The van der Waals surface area contributed by atoms with E-state index in [1.54, 1.807) is 0 Å². The lowest BCUT2D eigenvalue weighted by Crippen LogP contribution is -2.45. The summed E-state index contributed by atoms with van der Waals surface area (Å²) in [7, 11) is 2.17. The third kappa shape index (κ3) is 1.40. The van der Waals surface area contributed by atoms with Crippen LogP contribution >= 0.6 is 0 Å². The van der Waals surface area contributed by atoms with Crippen molar-refractivity contribution in [2.45, 2.75) is 24.9 Å². The molecule has 1 aromatic heterocycles. The molecule has 4 heteroatoms. The van der Waals surface area contributed by atoms with E-state index in [-0.39, 0.29) is 5.60 Å². The Balaban J connectivity index is 1.94. The number of likely N-dealkylation sites (tertiary alicyclic amines) is 1. The molecule has 0 saturated carbocycles. The summed E-state index contributed by atoms with van der Waals surface area (Å²) >= 11 is 0. The predicted octanol–water partition coefficient (Wildman–Crippen LogP) is 0.903. The van der Waals surface area contributed by atoms with Crippen LogP contribution in [0, 0.1) is 0 Å². The van der Waals surface area contributed by atoms with Crippen LogP contribution in [-0.4, -0.2) is 41.8 Å². The number of nitrogens with one attached hydrogen (secondary N) is 1. The summed E-state index contributed by atoms with van der Waals surface area (Å²) < 4.78 is 6.05. The Bertz CT molecular complexity index is 352. The number of ether oxygens (including phenoxy) is 1. The zero-order chi connectivity index (χ0) is 10.3. The van der Waals surface area contributed by atoms with Crippen LogP contribution in [-0.2, 0) is 16.8 Å². The Morgan fingerprint density at radius 2 is 2.27 bits per heavy atom. The largest absolute Gasteiger partial charge is 0.370 e. The van der Waals surface area contributed by atoms with Gasteiger partial charge in [-0.1, -0.05) is 0 Å². The van der Waals surface area contributed by atoms with E-state index in [0.717, 1.165) is 39.0 Å². The van der Waals surface area contributed by atoms with Gasteiger partial charge in [0.2, 0.25) is 0 Å². The Kier molecular flexibility index (Phi) is 2.07. The normalized spacial score (nSPS) is 25.4. The first kappa shape index (κ1) is 9.36. The van der Waals surface area contributed by atoms with Crippen molar-refractivity contribution in [2.75, 3.05) is 26.7 Å². The van der Waals surface area contributed by atoms with Gasteiger partial charge in [0.15, 0.2) is 0 Å². The minimum atomic E-state index is -0.0346. The van der Waals surface area contributed by atoms with Gasteiger partial charge in [0.1, 0.15) is 0 Å². The van der Waals surface area contributed by atoms with E-state index >= 15 is 0 Å². The molecule has 0 aromatic carbocycles. The summed E-state index contributed by atoms with van der Waals surface area (Å²) in [4.78, 5) is 2.36. The molecule has 1 aromatic rings. The molecule has 1 saturated heterocycles. The molecule has 0 atom stereocenters. The van der Waals surface area contributed by atoms with Crippen LogP contribution < -0.4 is 0 Å². The molecule has 3 heterocycles. The van der Waals surface area contributed by atoms with E-state index in [0.29, 0.717) is 0 Å². The molecule has 2 aliphatic heterocycles. The average Bonchev–Trinajstić information content (AvgIpc) is 2.72. The predicted molar refractivity (Wildman–Crippen MR) is 56.7 cm³/mol. The first-order valence-corrected chi connectivity index (χ1v) is 5.65. The average molecular weight is 207 g/mol. The second-order valence-corrected chi connectivity index (χ2v) is 4.66. The number of H-pyrrole nitrogens is 1. The summed E-state index contributed by atoms with van der Waals surface area (Å²) in [5.41, 5.74) is 2.56. The number of piperidine rings is 1. The molecule has 0 amide bonds. The van der Waals surface area contributed by atoms with E-state index in [1.165, 1.54) is 11.3 Å². The van der Waals surface area contributed by atoms with E-state index in [4.69, 9.17) is 4.74 Å². The molecule has 1 N–H and O–H groups in total. The van der Waals surface area contributed by atoms with E-state index < -0.39 is 0 Å². The fourth-order valence-corrected chi connectivity index (χ4v) is 2.72. The quantitative estimate of drug-likeness (QED) is 0.687. The molecule has 3 rings (SSSR count). The van der Waals surface area contributed by atoms with Crippen LogP contribution in [0.25, 0.3) is 0 Å². The van der Waals surface area contributed by atoms with Crippen LogP contribution in [0.2, 0.25) is 0 Å². The van der Waals surface area contributed by atoms with Gasteiger partial charge in [0.25, 0.3) is 0 Å². The van der Waals surface area contributed by atoms with Crippen LogP contribution in [0.15, 0.2) is 6.20 Å². The first-order valence-electron chi connectivity index (χ1n) is 5.65. The molecule has 15 heavy (non-hydrogen) atoms. The summed E-state index contributed by atoms with van der Waals surface area (Å²) in [6.07, 6.45) is 5.12. The zero-order valence-corrected chi connectivity index (χ0v) is 9.12. The molecule has 1 spiro atoms. The SMILES string of the molecule is CN1CCC2(CC1)OCCc1[nH]ncc12. The van der Waals surface area contributed by atoms with Gasteiger partial charge in [-0.15, -0.1) is 0 Å².